The van der Waals surface area contributed by atoms with E-state index < -0.39 is 11.7 Å². The summed E-state index contributed by atoms with van der Waals surface area (Å²) in [4.78, 5) is 24.5. The highest BCUT2D eigenvalue weighted by molar-refractivity contribution is 5.93. The van der Waals surface area contributed by atoms with Crippen LogP contribution in [-0.4, -0.2) is 45.5 Å². The molecule has 8 heteroatoms. The monoisotopic (exact) mass is 408 g/mol. The number of hydrogen-bond acceptors (Lipinski definition) is 6. The lowest BCUT2D eigenvalue weighted by atomic mass is 10.0. The smallest absolute Gasteiger partial charge is 0.407 e. The first-order valence-corrected chi connectivity index (χ1v) is 9.74. The predicted molar refractivity (Wildman–Crippen MR) is 110 cm³/mol. The molecule has 2 rings (SSSR count). The van der Waals surface area contributed by atoms with Crippen molar-refractivity contribution in [2.45, 2.75) is 45.6 Å². The zero-order valence-electron chi connectivity index (χ0n) is 18.1. The second-order valence-corrected chi connectivity index (χ2v) is 8.16. The van der Waals surface area contributed by atoms with Gasteiger partial charge in [0.25, 0.3) is 0 Å². The van der Waals surface area contributed by atoms with Gasteiger partial charge in [-0.15, -0.1) is 0 Å². The Morgan fingerprint density at radius 3 is 2.17 bits per heavy atom. The molecule has 0 aliphatic heterocycles. The highest BCUT2D eigenvalue weighted by Gasteiger charge is 2.31. The molecule has 0 spiro atoms. The molecule has 1 aromatic rings. The average Bonchev–Trinajstić information content (AvgIpc) is 3.13. The maximum atomic E-state index is 12.7. The minimum Gasteiger partial charge on any atom is -0.493 e. The third-order valence-corrected chi connectivity index (χ3v) is 4.78. The number of benzene rings is 1. The standard InChI is InChI=1S/C21H32N2O6/c1-21(2,3)29-20(25)22-12-13-7-8-14(9-13)19(24)23-15-10-16(26-4)18(28-6)17(11-15)27-5/h10-11,13-14H,7-9,12H2,1-6H3,(H,22,25)(H,23,24). The molecule has 2 amide bonds. The molecule has 0 aromatic heterocycles. The summed E-state index contributed by atoms with van der Waals surface area (Å²) in [5, 5.41) is 5.73. The number of anilines is 1. The van der Waals surface area contributed by atoms with E-state index in [0.717, 1.165) is 12.8 Å². The molecule has 1 saturated carbocycles. The van der Waals surface area contributed by atoms with E-state index in [0.29, 0.717) is 35.9 Å². The Morgan fingerprint density at radius 1 is 1.03 bits per heavy atom. The van der Waals surface area contributed by atoms with Crippen molar-refractivity contribution >= 4 is 17.7 Å². The molecule has 1 aromatic carbocycles. The van der Waals surface area contributed by atoms with Crippen LogP contribution in [0.5, 0.6) is 17.2 Å². The third kappa shape index (κ3) is 6.44. The van der Waals surface area contributed by atoms with Gasteiger partial charge in [-0.1, -0.05) is 0 Å². The summed E-state index contributed by atoms with van der Waals surface area (Å²) < 4.78 is 21.2. The van der Waals surface area contributed by atoms with Gasteiger partial charge < -0.3 is 29.6 Å². The number of alkyl carbamates (subject to hydrolysis) is 1. The zero-order chi connectivity index (χ0) is 21.6. The molecule has 0 saturated heterocycles. The topological polar surface area (TPSA) is 95.1 Å². The van der Waals surface area contributed by atoms with E-state index in [-0.39, 0.29) is 17.7 Å². The van der Waals surface area contributed by atoms with Crippen molar-refractivity contribution in [1.82, 2.24) is 5.32 Å². The van der Waals surface area contributed by atoms with Crippen molar-refractivity contribution in [1.29, 1.82) is 0 Å². The van der Waals surface area contributed by atoms with Crippen molar-refractivity contribution in [3.05, 3.63) is 12.1 Å². The second-order valence-electron chi connectivity index (χ2n) is 8.16. The molecular formula is C21H32N2O6. The van der Waals surface area contributed by atoms with E-state index in [4.69, 9.17) is 18.9 Å². The summed E-state index contributed by atoms with van der Waals surface area (Å²) in [6.45, 7) is 5.98. The highest BCUT2D eigenvalue weighted by Crippen LogP contribution is 2.40. The van der Waals surface area contributed by atoms with Crippen LogP contribution >= 0.6 is 0 Å². The van der Waals surface area contributed by atoms with Crippen molar-refractivity contribution < 1.29 is 28.5 Å². The maximum absolute atomic E-state index is 12.7. The van der Waals surface area contributed by atoms with Crippen LogP contribution in [0.3, 0.4) is 0 Å². The fourth-order valence-electron chi connectivity index (χ4n) is 3.44. The number of nitrogens with one attached hydrogen (secondary N) is 2. The van der Waals surface area contributed by atoms with Crippen molar-refractivity contribution in [2.75, 3.05) is 33.2 Å². The summed E-state index contributed by atoms with van der Waals surface area (Å²) in [7, 11) is 4.59. The zero-order valence-corrected chi connectivity index (χ0v) is 18.1. The first-order valence-electron chi connectivity index (χ1n) is 9.74. The van der Waals surface area contributed by atoms with Gasteiger partial charge in [0.1, 0.15) is 5.60 Å². The van der Waals surface area contributed by atoms with Crippen molar-refractivity contribution in [3.63, 3.8) is 0 Å². The number of methoxy groups -OCH3 is 3. The van der Waals surface area contributed by atoms with Gasteiger partial charge >= 0.3 is 6.09 Å². The Morgan fingerprint density at radius 2 is 1.66 bits per heavy atom. The lowest BCUT2D eigenvalue weighted by Crippen LogP contribution is -2.35. The fourth-order valence-corrected chi connectivity index (χ4v) is 3.44. The molecule has 1 aliphatic carbocycles. The molecular weight excluding hydrogens is 376 g/mol. The highest BCUT2D eigenvalue weighted by atomic mass is 16.6. The fraction of sp³-hybridized carbons (Fsp3) is 0.619. The first-order chi connectivity index (χ1) is 13.7. The number of carbonyl (C=O) groups is 2. The van der Waals surface area contributed by atoms with Crippen molar-refractivity contribution in [3.8, 4) is 17.2 Å². The number of ether oxygens (including phenoxy) is 4. The quantitative estimate of drug-likeness (QED) is 0.716. The molecule has 1 fully saturated rings. The average molecular weight is 408 g/mol. The van der Waals surface area contributed by atoms with Crippen molar-refractivity contribution in [2.24, 2.45) is 11.8 Å². The number of hydrogen-bond donors (Lipinski definition) is 2. The van der Waals surface area contributed by atoms with Crippen LogP contribution in [0.15, 0.2) is 12.1 Å². The van der Waals surface area contributed by atoms with Gasteiger partial charge in [0.05, 0.1) is 21.3 Å². The number of rotatable bonds is 7. The Hall–Kier alpha value is -2.64. The molecule has 8 nitrogen and oxygen atoms in total. The molecule has 29 heavy (non-hydrogen) atoms. The van der Waals surface area contributed by atoms with E-state index in [1.807, 2.05) is 20.8 Å². The van der Waals surface area contributed by atoms with E-state index in [1.54, 1.807) is 12.1 Å². The van der Waals surface area contributed by atoms with Crippen LogP contribution in [0.2, 0.25) is 0 Å². The Balaban J connectivity index is 1.91. The van der Waals surface area contributed by atoms with Crippen LogP contribution in [0, 0.1) is 11.8 Å². The largest absolute Gasteiger partial charge is 0.493 e. The Bertz CT molecular complexity index is 703. The normalized spacial score (nSPS) is 18.7. The van der Waals surface area contributed by atoms with Crippen LogP contribution < -0.4 is 24.8 Å². The summed E-state index contributed by atoms with van der Waals surface area (Å²) in [6.07, 6.45) is 1.94. The summed E-state index contributed by atoms with van der Waals surface area (Å²) in [5.74, 6) is 1.51. The van der Waals surface area contributed by atoms with Gasteiger partial charge in [0, 0.05) is 30.3 Å². The van der Waals surface area contributed by atoms with Crippen LogP contribution in [-0.2, 0) is 9.53 Å². The van der Waals surface area contributed by atoms with Gasteiger partial charge in [-0.05, 0) is 46.0 Å². The van der Waals surface area contributed by atoms with E-state index in [2.05, 4.69) is 10.6 Å². The Kier molecular flexibility index (Phi) is 7.59. The molecule has 2 N–H and O–H groups in total. The van der Waals surface area contributed by atoms with Gasteiger partial charge in [-0.2, -0.15) is 0 Å². The minimum atomic E-state index is -0.525. The maximum Gasteiger partial charge on any atom is 0.407 e. The Labute approximate surface area is 172 Å². The molecule has 0 radical (unpaired) electrons. The lowest BCUT2D eigenvalue weighted by Gasteiger charge is -2.20. The predicted octanol–water partition coefficient (Wildman–Crippen LogP) is 3.59. The van der Waals surface area contributed by atoms with Gasteiger partial charge in [0.2, 0.25) is 11.7 Å². The van der Waals surface area contributed by atoms with E-state index in [9.17, 15) is 9.59 Å². The van der Waals surface area contributed by atoms with Crippen LogP contribution in [0.1, 0.15) is 40.0 Å². The molecule has 1 aliphatic rings. The van der Waals surface area contributed by atoms with Crippen LogP contribution in [0.25, 0.3) is 0 Å². The number of carbonyl (C=O) groups excluding carboxylic acids is 2. The summed E-state index contributed by atoms with van der Waals surface area (Å²) >= 11 is 0. The minimum absolute atomic E-state index is 0.0564. The van der Waals surface area contributed by atoms with E-state index in [1.165, 1.54) is 21.3 Å². The molecule has 162 valence electrons. The first kappa shape index (κ1) is 22.6. The summed E-state index contributed by atoms with van der Waals surface area (Å²) in [6, 6.07) is 3.41. The van der Waals surface area contributed by atoms with Gasteiger partial charge in [-0.25, -0.2) is 4.79 Å². The molecule has 2 unspecified atom stereocenters. The molecule has 0 bridgehead atoms. The van der Waals surface area contributed by atoms with Gasteiger partial charge in [-0.3, -0.25) is 4.79 Å². The summed E-state index contributed by atoms with van der Waals surface area (Å²) in [5.41, 5.74) is 0.0580. The third-order valence-electron chi connectivity index (χ3n) is 4.78. The van der Waals surface area contributed by atoms with Gasteiger partial charge in [0.15, 0.2) is 11.5 Å². The second kappa shape index (κ2) is 9.71. The SMILES string of the molecule is COc1cc(NC(=O)C2CCC(CNC(=O)OC(C)(C)C)C2)cc(OC)c1OC. The van der Waals surface area contributed by atoms with Crippen LogP contribution in [0.4, 0.5) is 10.5 Å². The molecule has 2 atom stereocenters. The number of amides is 2. The molecule has 0 heterocycles. The van der Waals surface area contributed by atoms with E-state index >= 15 is 0 Å². The lowest BCUT2D eigenvalue weighted by molar-refractivity contribution is -0.119.